The van der Waals surface area contributed by atoms with E-state index in [0.717, 1.165) is 25.8 Å². The third-order valence-corrected chi connectivity index (χ3v) is 6.12. The number of hydrogen-bond acceptors (Lipinski definition) is 3. The SMILES string of the molecule is Brc1ccnc(-c2ccccc2)c1.O=C(Oc1ccccc1)N1C=CC(Br)=CC1c1ccccc1. The highest BCUT2D eigenvalue weighted by molar-refractivity contribution is 9.12. The van der Waals surface area contributed by atoms with Crippen molar-refractivity contribution in [3.63, 3.8) is 0 Å². The molecular weight excluding hydrogens is 568 g/mol. The summed E-state index contributed by atoms with van der Waals surface area (Å²) in [6, 6.07) is 32.8. The maximum atomic E-state index is 12.5. The number of ether oxygens (including phenoxy) is 1. The molecule has 0 saturated heterocycles. The van der Waals surface area contributed by atoms with Gasteiger partial charge in [0, 0.05) is 26.9 Å². The molecule has 1 atom stereocenters. The topological polar surface area (TPSA) is 42.4 Å². The van der Waals surface area contributed by atoms with E-state index in [1.165, 1.54) is 0 Å². The number of halogens is 2. The van der Waals surface area contributed by atoms with Crippen molar-refractivity contribution in [1.29, 1.82) is 0 Å². The summed E-state index contributed by atoms with van der Waals surface area (Å²) in [7, 11) is 0. The van der Waals surface area contributed by atoms with Crippen LogP contribution in [0.2, 0.25) is 0 Å². The van der Waals surface area contributed by atoms with Crippen molar-refractivity contribution < 1.29 is 9.53 Å². The average molecular weight is 590 g/mol. The van der Waals surface area contributed by atoms with Gasteiger partial charge in [0.25, 0.3) is 0 Å². The van der Waals surface area contributed by atoms with Gasteiger partial charge in [-0.15, -0.1) is 0 Å². The molecule has 4 aromatic rings. The van der Waals surface area contributed by atoms with E-state index in [0.29, 0.717) is 5.75 Å². The zero-order chi connectivity index (χ0) is 24.5. The highest BCUT2D eigenvalue weighted by Gasteiger charge is 2.25. The largest absolute Gasteiger partial charge is 0.420 e. The number of aromatic nitrogens is 1. The minimum Gasteiger partial charge on any atom is -0.410 e. The van der Waals surface area contributed by atoms with Crippen LogP contribution in [0.15, 0.2) is 137 Å². The number of para-hydroxylation sites is 1. The van der Waals surface area contributed by atoms with Crippen LogP contribution in [0.4, 0.5) is 4.79 Å². The van der Waals surface area contributed by atoms with Crippen molar-refractivity contribution in [3.8, 4) is 17.0 Å². The van der Waals surface area contributed by atoms with E-state index in [4.69, 9.17) is 4.74 Å². The summed E-state index contributed by atoms with van der Waals surface area (Å²) in [6.45, 7) is 0. The molecule has 174 valence electrons. The van der Waals surface area contributed by atoms with Gasteiger partial charge < -0.3 is 4.74 Å². The van der Waals surface area contributed by atoms with Gasteiger partial charge in [0.1, 0.15) is 5.75 Å². The van der Waals surface area contributed by atoms with Crippen LogP contribution in [-0.4, -0.2) is 16.0 Å². The molecule has 2 heterocycles. The quantitative estimate of drug-likeness (QED) is 0.240. The van der Waals surface area contributed by atoms with Crippen LogP contribution < -0.4 is 4.74 Å². The number of pyridine rings is 1. The fourth-order valence-electron chi connectivity index (χ4n) is 3.43. The second kappa shape index (κ2) is 12.3. The van der Waals surface area contributed by atoms with Crippen LogP contribution in [0.3, 0.4) is 0 Å². The summed E-state index contributed by atoms with van der Waals surface area (Å²) in [5.41, 5.74) is 3.16. The van der Waals surface area contributed by atoms with Crippen LogP contribution in [0, 0.1) is 0 Å². The number of carbonyl (C=O) groups is 1. The van der Waals surface area contributed by atoms with Crippen LogP contribution in [0.5, 0.6) is 5.75 Å². The Morgan fingerprint density at radius 1 is 0.829 bits per heavy atom. The van der Waals surface area contributed by atoms with Gasteiger partial charge in [0.2, 0.25) is 0 Å². The molecule has 0 spiro atoms. The summed E-state index contributed by atoms with van der Waals surface area (Å²) in [5, 5.41) is 0. The van der Waals surface area contributed by atoms with Gasteiger partial charge in [0.15, 0.2) is 0 Å². The molecule has 35 heavy (non-hydrogen) atoms. The molecule has 3 aromatic carbocycles. The molecule has 1 unspecified atom stereocenters. The first-order chi connectivity index (χ1) is 17.1. The Balaban J connectivity index is 0.000000189. The first kappa shape index (κ1) is 24.6. The highest BCUT2D eigenvalue weighted by Crippen LogP contribution is 2.30. The third-order valence-electron chi connectivity index (χ3n) is 5.10. The van der Waals surface area contributed by atoms with E-state index < -0.39 is 6.09 Å². The lowest BCUT2D eigenvalue weighted by atomic mass is 10.0. The Labute approximate surface area is 221 Å². The molecule has 0 radical (unpaired) electrons. The second-order valence-electron chi connectivity index (χ2n) is 7.54. The van der Waals surface area contributed by atoms with E-state index in [2.05, 4.69) is 49.0 Å². The number of rotatable bonds is 3. The number of nitrogens with zero attached hydrogens (tertiary/aromatic N) is 2. The minimum atomic E-state index is -0.410. The fraction of sp³-hybridized carbons (Fsp3) is 0.0345. The Morgan fingerprint density at radius 2 is 1.46 bits per heavy atom. The van der Waals surface area contributed by atoms with Gasteiger partial charge in [-0.05, 0) is 42.0 Å². The third kappa shape index (κ3) is 7.01. The Kier molecular flexibility index (Phi) is 8.65. The number of amides is 1. The summed E-state index contributed by atoms with van der Waals surface area (Å²) < 4.78 is 7.42. The maximum Gasteiger partial charge on any atom is 0.420 e. The van der Waals surface area contributed by atoms with E-state index in [9.17, 15) is 4.79 Å². The first-order valence-electron chi connectivity index (χ1n) is 10.9. The van der Waals surface area contributed by atoms with Crippen molar-refractivity contribution in [3.05, 3.63) is 142 Å². The van der Waals surface area contributed by atoms with Gasteiger partial charge in [0.05, 0.1) is 11.7 Å². The number of carbonyl (C=O) groups excluding carboxylic acids is 1. The predicted octanol–water partition coefficient (Wildman–Crippen LogP) is 8.55. The van der Waals surface area contributed by atoms with Gasteiger partial charge in [-0.3, -0.25) is 9.88 Å². The summed E-state index contributed by atoms with van der Waals surface area (Å²) >= 11 is 6.88. The van der Waals surface area contributed by atoms with E-state index in [-0.39, 0.29) is 6.04 Å². The van der Waals surface area contributed by atoms with Gasteiger partial charge >= 0.3 is 6.09 Å². The van der Waals surface area contributed by atoms with E-state index in [1.54, 1.807) is 29.4 Å². The number of benzene rings is 3. The van der Waals surface area contributed by atoms with Gasteiger partial charge in [-0.2, -0.15) is 0 Å². The normalized spacial score (nSPS) is 14.4. The maximum absolute atomic E-state index is 12.5. The molecule has 1 aromatic heterocycles. The van der Waals surface area contributed by atoms with E-state index >= 15 is 0 Å². The van der Waals surface area contributed by atoms with Crippen molar-refractivity contribution in [2.45, 2.75) is 6.04 Å². The lowest BCUT2D eigenvalue weighted by Gasteiger charge is -2.28. The standard InChI is InChI=1S/C18H14BrNO2.C11H8BrN/c19-15-11-12-20(17(13-15)14-7-3-1-4-8-14)18(21)22-16-9-5-2-6-10-16;12-10-6-7-13-11(8-10)9-4-2-1-3-5-9/h1-13,17H;1-8H. The fourth-order valence-corrected chi connectivity index (χ4v) is 4.13. The van der Waals surface area contributed by atoms with Crippen LogP contribution >= 0.6 is 31.9 Å². The monoisotopic (exact) mass is 588 g/mol. The molecular formula is C29H22Br2N2O2. The van der Waals surface area contributed by atoms with Crippen LogP contribution in [0.25, 0.3) is 11.3 Å². The molecule has 1 aliphatic heterocycles. The first-order valence-corrected chi connectivity index (χ1v) is 12.5. The van der Waals surface area contributed by atoms with Gasteiger partial charge in [-0.25, -0.2) is 4.79 Å². The van der Waals surface area contributed by atoms with Crippen LogP contribution in [-0.2, 0) is 0 Å². The molecule has 0 bridgehead atoms. The summed E-state index contributed by atoms with van der Waals surface area (Å²) in [4.78, 5) is 18.3. The minimum absolute atomic E-state index is 0.197. The Bertz CT molecular complexity index is 1310. The highest BCUT2D eigenvalue weighted by atomic mass is 79.9. The molecule has 0 aliphatic carbocycles. The predicted molar refractivity (Wildman–Crippen MR) is 147 cm³/mol. The average Bonchev–Trinajstić information content (AvgIpc) is 2.90. The zero-order valence-corrected chi connectivity index (χ0v) is 21.8. The van der Waals surface area contributed by atoms with Crippen LogP contribution in [0.1, 0.15) is 11.6 Å². The lowest BCUT2D eigenvalue weighted by Crippen LogP contribution is -2.33. The zero-order valence-electron chi connectivity index (χ0n) is 18.7. The molecule has 0 saturated carbocycles. The Morgan fingerprint density at radius 3 is 2.11 bits per heavy atom. The number of allylic oxidation sites excluding steroid dienone is 2. The molecule has 5 rings (SSSR count). The van der Waals surface area contributed by atoms with Crippen molar-refractivity contribution in [2.24, 2.45) is 0 Å². The summed E-state index contributed by atoms with van der Waals surface area (Å²) in [6.07, 6.45) is 6.92. The van der Waals surface area contributed by atoms with Gasteiger partial charge in [-0.1, -0.05) is 111 Å². The Hall–Kier alpha value is -3.48. The molecule has 0 N–H and O–H groups in total. The smallest absolute Gasteiger partial charge is 0.410 e. The lowest BCUT2D eigenvalue weighted by molar-refractivity contribution is 0.161. The van der Waals surface area contributed by atoms with Crippen molar-refractivity contribution in [1.82, 2.24) is 9.88 Å². The molecule has 4 nitrogen and oxygen atoms in total. The van der Waals surface area contributed by atoms with Crippen molar-refractivity contribution >= 4 is 38.0 Å². The van der Waals surface area contributed by atoms with Crippen molar-refractivity contribution in [2.75, 3.05) is 0 Å². The summed E-state index contributed by atoms with van der Waals surface area (Å²) in [5.74, 6) is 0.529. The number of hydrogen-bond donors (Lipinski definition) is 0. The molecule has 1 amide bonds. The van der Waals surface area contributed by atoms with E-state index in [1.807, 2.05) is 91.0 Å². The molecule has 1 aliphatic rings. The molecule has 0 fully saturated rings. The molecule has 6 heteroatoms. The second-order valence-corrected chi connectivity index (χ2v) is 9.37.